The second-order valence-corrected chi connectivity index (χ2v) is 5.28. The topological polar surface area (TPSA) is 85.0 Å². The lowest BCUT2D eigenvalue weighted by Crippen LogP contribution is -2.24. The lowest BCUT2D eigenvalue weighted by atomic mass is 10.1. The molecule has 1 atom stereocenters. The van der Waals surface area contributed by atoms with Gasteiger partial charge in [-0.3, -0.25) is 10.1 Å². The molecule has 1 aromatic rings. The monoisotopic (exact) mass is 281 g/mol. The molecular weight excluding hydrogens is 258 g/mol. The molecule has 0 aromatic carbocycles. The highest BCUT2D eigenvalue weighted by Gasteiger charge is 2.26. The van der Waals surface area contributed by atoms with Crippen molar-refractivity contribution in [1.82, 2.24) is 15.1 Å². The van der Waals surface area contributed by atoms with E-state index in [0.29, 0.717) is 24.0 Å². The van der Waals surface area contributed by atoms with Crippen LogP contribution in [-0.2, 0) is 13.5 Å². The maximum atomic E-state index is 11.2. The summed E-state index contributed by atoms with van der Waals surface area (Å²) in [5.74, 6) is 0.524. The largest absolute Gasteiger partial charge is 0.364 e. The summed E-state index contributed by atoms with van der Waals surface area (Å²) in [7, 11) is 1.75. The van der Waals surface area contributed by atoms with Gasteiger partial charge < -0.3 is 10.6 Å². The molecule has 1 aromatic heterocycles. The molecule has 0 spiro atoms. The van der Waals surface area contributed by atoms with E-state index in [1.165, 1.54) is 12.8 Å². The molecule has 1 saturated heterocycles. The Labute approximate surface area is 118 Å². The van der Waals surface area contributed by atoms with Crippen molar-refractivity contribution in [3.63, 3.8) is 0 Å². The van der Waals surface area contributed by atoms with E-state index in [-0.39, 0.29) is 10.6 Å². The van der Waals surface area contributed by atoms with Crippen molar-refractivity contribution in [1.29, 1.82) is 0 Å². The van der Waals surface area contributed by atoms with E-state index in [2.05, 4.69) is 15.7 Å². The van der Waals surface area contributed by atoms with E-state index in [1.54, 1.807) is 11.7 Å². The molecule has 0 radical (unpaired) electrons. The Morgan fingerprint density at radius 2 is 2.40 bits per heavy atom. The third-order valence-electron chi connectivity index (χ3n) is 3.71. The van der Waals surface area contributed by atoms with Gasteiger partial charge in [-0.15, -0.1) is 0 Å². The van der Waals surface area contributed by atoms with Gasteiger partial charge in [0.15, 0.2) is 0 Å². The fraction of sp³-hybridized carbons (Fsp3) is 0.769. The lowest BCUT2D eigenvalue weighted by molar-refractivity contribution is -0.384. The first-order chi connectivity index (χ1) is 9.63. The number of nitrogens with zero attached hydrogens (tertiary/aromatic N) is 3. The normalized spacial score (nSPS) is 18.4. The maximum Gasteiger partial charge on any atom is 0.333 e. The number of nitro groups is 1. The second-order valence-electron chi connectivity index (χ2n) is 5.28. The molecule has 0 unspecified atom stereocenters. The quantitative estimate of drug-likeness (QED) is 0.588. The van der Waals surface area contributed by atoms with Crippen LogP contribution in [0.5, 0.6) is 0 Å². The van der Waals surface area contributed by atoms with Crippen LogP contribution in [-0.4, -0.2) is 33.8 Å². The van der Waals surface area contributed by atoms with Crippen LogP contribution in [0.25, 0.3) is 0 Å². The van der Waals surface area contributed by atoms with E-state index in [9.17, 15) is 10.1 Å². The molecule has 1 fully saturated rings. The zero-order chi connectivity index (χ0) is 14.5. The third kappa shape index (κ3) is 3.27. The van der Waals surface area contributed by atoms with Crippen LogP contribution in [0, 0.1) is 10.1 Å². The van der Waals surface area contributed by atoms with Crippen LogP contribution < -0.4 is 10.6 Å². The Kier molecular flexibility index (Phi) is 4.94. The number of rotatable bonds is 7. The molecule has 2 heterocycles. The summed E-state index contributed by atoms with van der Waals surface area (Å²) < 4.78 is 1.59. The van der Waals surface area contributed by atoms with E-state index < -0.39 is 0 Å². The minimum Gasteiger partial charge on any atom is -0.364 e. The number of hydrogen-bond donors (Lipinski definition) is 2. The van der Waals surface area contributed by atoms with Crippen LogP contribution in [0.4, 0.5) is 11.5 Å². The van der Waals surface area contributed by atoms with Crippen LogP contribution in [0.2, 0.25) is 0 Å². The van der Waals surface area contributed by atoms with Crippen molar-refractivity contribution >= 4 is 11.5 Å². The number of nitrogens with one attached hydrogen (secondary N) is 2. The van der Waals surface area contributed by atoms with E-state index in [0.717, 1.165) is 25.9 Å². The number of anilines is 1. The highest BCUT2D eigenvalue weighted by Crippen LogP contribution is 2.29. The predicted molar refractivity (Wildman–Crippen MR) is 78.0 cm³/mol. The first-order valence-electron chi connectivity index (χ1n) is 7.31. The van der Waals surface area contributed by atoms with Crippen molar-refractivity contribution in [2.24, 2.45) is 7.05 Å². The average molecular weight is 281 g/mol. The Balaban J connectivity index is 2.03. The molecule has 7 heteroatoms. The van der Waals surface area contributed by atoms with Crippen LogP contribution in [0.15, 0.2) is 0 Å². The lowest BCUT2D eigenvalue weighted by Gasteiger charge is -2.11. The summed E-state index contributed by atoms with van der Waals surface area (Å²) in [5.41, 5.74) is 0.704. The van der Waals surface area contributed by atoms with Gasteiger partial charge in [0.05, 0.1) is 4.92 Å². The van der Waals surface area contributed by atoms with Crippen molar-refractivity contribution in [2.45, 2.75) is 45.1 Å². The highest BCUT2D eigenvalue weighted by atomic mass is 16.6. The van der Waals surface area contributed by atoms with E-state index in [4.69, 9.17) is 0 Å². The van der Waals surface area contributed by atoms with Gasteiger partial charge in [0.2, 0.25) is 5.82 Å². The van der Waals surface area contributed by atoms with Crippen molar-refractivity contribution in [2.75, 3.05) is 18.4 Å². The van der Waals surface area contributed by atoms with Crippen molar-refractivity contribution in [3.8, 4) is 0 Å². The molecule has 0 aliphatic carbocycles. The Hall–Kier alpha value is -1.63. The molecule has 2 N–H and O–H groups in total. The van der Waals surface area contributed by atoms with Crippen molar-refractivity contribution < 1.29 is 4.92 Å². The fourth-order valence-corrected chi connectivity index (χ4v) is 2.73. The summed E-state index contributed by atoms with van der Waals surface area (Å²) in [6, 6.07) is 0.532. The molecule has 0 bridgehead atoms. The Bertz CT molecular complexity index is 466. The van der Waals surface area contributed by atoms with Crippen LogP contribution in [0.3, 0.4) is 0 Å². The molecule has 0 amide bonds. The van der Waals surface area contributed by atoms with Gasteiger partial charge >= 0.3 is 5.69 Å². The van der Waals surface area contributed by atoms with Crippen LogP contribution >= 0.6 is 0 Å². The minimum atomic E-state index is -0.325. The van der Waals surface area contributed by atoms with Gasteiger partial charge in [-0.1, -0.05) is 13.3 Å². The number of aromatic nitrogens is 2. The third-order valence-corrected chi connectivity index (χ3v) is 3.71. The molecule has 2 rings (SSSR count). The molecule has 0 saturated carbocycles. The first kappa shape index (κ1) is 14.8. The Morgan fingerprint density at radius 1 is 1.60 bits per heavy atom. The standard InChI is InChI=1S/C13H23N5O2/c1-3-5-11-12(18(19)20)13(17(2)16-11)15-9-7-10-6-4-8-14-10/h10,14-15H,3-9H2,1-2H3/t10-/m0/s1. The zero-order valence-corrected chi connectivity index (χ0v) is 12.2. The summed E-state index contributed by atoms with van der Waals surface area (Å²) in [6.45, 7) is 3.80. The number of aryl methyl sites for hydroxylation is 2. The van der Waals surface area contributed by atoms with Crippen molar-refractivity contribution in [3.05, 3.63) is 15.8 Å². The summed E-state index contributed by atoms with van der Waals surface area (Å²) in [5, 5.41) is 22.1. The van der Waals surface area contributed by atoms with Gasteiger partial charge in [-0.2, -0.15) is 5.10 Å². The second kappa shape index (κ2) is 6.69. The van der Waals surface area contributed by atoms with Gasteiger partial charge in [0, 0.05) is 19.6 Å². The van der Waals surface area contributed by atoms with Gasteiger partial charge in [-0.05, 0) is 32.2 Å². The average Bonchev–Trinajstić information content (AvgIpc) is 2.99. The highest BCUT2D eigenvalue weighted by molar-refractivity contribution is 5.59. The summed E-state index contributed by atoms with van der Waals surface area (Å²) in [6.07, 6.45) is 4.87. The first-order valence-corrected chi connectivity index (χ1v) is 7.31. The van der Waals surface area contributed by atoms with Gasteiger partial charge in [0.1, 0.15) is 5.69 Å². The molecule has 1 aliphatic heterocycles. The molecule has 7 nitrogen and oxygen atoms in total. The number of hydrogen-bond acceptors (Lipinski definition) is 5. The van der Waals surface area contributed by atoms with Gasteiger partial charge in [0.25, 0.3) is 0 Å². The molecule has 20 heavy (non-hydrogen) atoms. The molecular formula is C13H23N5O2. The summed E-state index contributed by atoms with van der Waals surface area (Å²) >= 11 is 0. The molecule has 1 aliphatic rings. The zero-order valence-electron chi connectivity index (χ0n) is 12.2. The summed E-state index contributed by atoms with van der Waals surface area (Å²) in [4.78, 5) is 10.9. The SMILES string of the molecule is CCCc1nn(C)c(NCC[C@@H]2CCCN2)c1[N+](=O)[O-]. The minimum absolute atomic E-state index is 0.133. The van der Waals surface area contributed by atoms with E-state index in [1.807, 2.05) is 6.92 Å². The smallest absolute Gasteiger partial charge is 0.333 e. The van der Waals surface area contributed by atoms with Gasteiger partial charge in [-0.25, -0.2) is 4.68 Å². The molecule has 112 valence electrons. The van der Waals surface area contributed by atoms with Crippen LogP contribution in [0.1, 0.15) is 38.3 Å². The predicted octanol–water partition coefficient (Wildman–Crippen LogP) is 1.83. The Morgan fingerprint density at radius 3 is 3.00 bits per heavy atom. The maximum absolute atomic E-state index is 11.2. The fourth-order valence-electron chi connectivity index (χ4n) is 2.73. The van der Waals surface area contributed by atoms with E-state index >= 15 is 0 Å².